The summed E-state index contributed by atoms with van der Waals surface area (Å²) in [4.78, 5) is 40.5. The topological polar surface area (TPSA) is 78.5 Å². The van der Waals surface area contributed by atoms with E-state index in [1.54, 1.807) is 4.90 Å². The zero-order valence-corrected chi connectivity index (χ0v) is 18.2. The van der Waals surface area contributed by atoms with Gasteiger partial charge in [0.15, 0.2) is 0 Å². The van der Waals surface area contributed by atoms with Crippen molar-refractivity contribution in [3.63, 3.8) is 0 Å². The van der Waals surface area contributed by atoms with Gasteiger partial charge < -0.3 is 15.5 Å². The Labute approximate surface area is 179 Å². The van der Waals surface area contributed by atoms with Crippen molar-refractivity contribution < 1.29 is 14.4 Å². The molecule has 3 amide bonds. The first-order valence-corrected chi connectivity index (χ1v) is 11.4. The third-order valence-electron chi connectivity index (χ3n) is 6.35. The minimum atomic E-state index is -0.532. The number of carbonyl (C=O) groups excluding carboxylic acids is 3. The van der Waals surface area contributed by atoms with Gasteiger partial charge in [0.05, 0.1) is 5.92 Å². The molecule has 0 spiro atoms. The van der Waals surface area contributed by atoms with E-state index in [2.05, 4.69) is 10.6 Å². The number of benzene rings is 1. The number of para-hydroxylation sites is 1. The summed E-state index contributed by atoms with van der Waals surface area (Å²) in [6, 6.07) is 8.86. The zero-order valence-electron chi connectivity index (χ0n) is 18.2. The van der Waals surface area contributed by atoms with Crippen LogP contribution in [-0.4, -0.2) is 41.8 Å². The van der Waals surface area contributed by atoms with E-state index in [0.29, 0.717) is 13.1 Å². The van der Waals surface area contributed by atoms with Crippen molar-refractivity contribution in [3.8, 4) is 0 Å². The highest BCUT2D eigenvalue weighted by atomic mass is 16.2. The average Bonchev–Trinajstić information content (AvgIpc) is 2.78. The number of carbonyl (C=O) groups is 3. The second kappa shape index (κ2) is 10.6. The lowest BCUT2D eigenvalue weighted by atomic mass is 9.88. The van der Waals surface area contributed by atoms with E-state index in [-0.39, 0.29) is 35.5 Å². The van der Waals surface area contributed by atoms with Gasteiger partial charge in [-0.05, 0) is 43.7 Å². The summed E-state index contributed by atoms with van der Waals surface area (Å²) in [5, 5.41) is 5.99. The summed E-state index contributed by atoms with van der Waals surface area (Å²) >= 11 is 0. The Bertz CT molecular complexity index is 728. The van der Waals surface area contributed by atoms with Crippen molar-refractivity contribution in [1.29, 1.82) is 0 Å². The van der Waals surface area contributed by atoms with Crippen LogP contribution in [0.1, 0.15) is 58.8 Å². The summed E-state index contributed by atoms with van der Waals surface area (Å²) in [7, 11) is 0. The van der Waals surface area contributed by atoms with Crippen LogP contribution >= 0.6 is 0 Å². The molecule has 0 aromatic heterocycles. The molecule has 1 aliphatic heterocycles. The first-order valence-electron chi connectivity index (χ1n) is 11.4. The van der Waals surface area contributed by atoms with Crippen LogP contribution in [-0.2, 0) is 14.4 Å². The largest absolute Gasteiger partial charge is 0.344 e. The Kier molecular flexibility index (Phi) is 7.88. The van der Waals surface area contributed by atoms with Gasteiger partial charge in [-0.2, -0.15) is 0 Å². The van der Waals surface area contributed by atoms with Crippen LogP contribution in [0, 0.1) is 17.8 Å². The molecular weight excluding hydrogens is 378 g/mol. The predicted molar refractivity (Wildman–Crippen MR) is 118 cm³/mol. The molecule has 0 radical (unpaired) electrons. The molecule has 1 aromatic rings. The number of nitrogens with zero attached hydrogens (tertiary/aromatic N) is 1. The van der Waals surface area contributed by atoms with Gasteiger partial charge in [-0.25, -0.2) is 0 Å². The van der Waals surface area contributed by atoms with E-state index in [4.69, 9.17) is 0 Å². The zero-order chi connectivity index (χ0) is 21.5. The molecule has 3 rings (SSSR count). The van der Waals surface area contributed by atoms with Crippen molar-refractivity contribution in [3.05, 3.63) is 30.3 Å². The highest BCUT2D eigenvalue weighted by Crippen LogP contribution is 2.25. The van der Waals surface area contributed by atoms with E-state index in [1.807, 2.05) is 44.2 Å². The molecule has 0 bridgehead atoms. The maximum absolute atomic E-state index is 13.3. The minimum absolute atomic E-state index is 0.00330. The van der Waals surface area contributed by atoms with Crippen LogP contribution in [0.3, 0.4) is 0 Å². The fraction of sp³-hybridized carbons (Fsp3) is 0.625. The van der Waals surface area contributed by atoms with Crippen molar-refractivity contribution in [2.75, 3.05) is 18.4 Å². The fourth-order valence-electron chi connectivity index (χ4n) is 4.50. The molecule has 1 aliphatic carbocycles. The summed E-state index contributed by atoms with van der Waals surface area (Å²) < 4.78 is 0. The van der Waals surface area contributed by atoms with Crippen molar-refractivity contribution in [2.24, 2.45) is 17.8 Å². The molecule has 6 heteroatoms. The standard InChI is InChI=1S/C24H35N3O3/c1-17(2)21(26-22(28)18-10-5-3-6-11-18)24(30)27-15-9-12-19(16-27)23(29)25-20-13-7-4-8-14-20/h4,7-8,13-14,17-19,21H,3,5-6,9-12,15-16H2,1-2H3,(H,25,29)(H,26,28). The molecule has 2 unspecified atom stereocenters. The van der Waals surface area contributed by atoms with Crippen LogP contribution < -0.4 is 10.6 Å². The Morgan fingerprint density at radius 1 is 0.900 bits per heavy atom. The van der Waals surface area contributed by atoms with E-state index in [9.17, 15) is 14.4 Å². The van der Waals surface area contributed by atoms with E-state index >= 15 is 0 Å². The Morgan fingerprint density at radius 2 is 1.57 bits per heavy atom. The molecule has 1 aromatic carbocycles. The smallest absolute Gasteiger partial charge is 0.245 e. The monoisotopic (exact) mass is 413 g/mol. The van der Waals surface area contributed by atoms with Crippen LogP contribution in [0.5, 0.6) is 0 Å². The highest BCUT2D eigenvalue weighted by molar-refractivity contribution is 5.94. The molecule has 1 saturated heterocycles. The predicted octanol–water partition coefficient (Wildman–Crippen LogP) is 3.58. The molecule has 1 heterocycles. The molecule has 6 nitrogen and oxygen atoms in total. The number of anilines is 1. The Hall–Kier alpha value is -2.37. The number of hydrogen-bond acceptors (Lipinski definition) is 3. The van der Waals surface area contributed by atoms with Gasteiger partial charge in [0.1, 0.15) is 6.04 Å². The van der Waals surface area contributed by atoms with Gasteiger partial charge in [0.25, 0.3) is 0 Å². The highest BCUT2D eigenvalue weighted by Gasteiger charge is 2.35. The van der Waals surface area contributed by atoms with Gasteiger partial charge in [-0.15, -0.1) is 0 Å². The lowest BCUT2D eigenvalue weighted by molar-refractivity contribution is -0.141. The summed E-state index contributed by atoms with van der Waals surface area (Å²) in [6.07, 6.45) is 6.75. The van der Waals surface area contributed by atoms with E-state index in [0.717, 1.165) is 44.2 Å². The number of hydrogen-bond donors (Lipinski definition) is 2. The third-order valence-corrected chi connectivity index (χ3v) is 6.35. The molecule has 164 valence electrons. The number of likely N-dealkylation sites (tertiary alicyclic amines) is 1. The Morgan fingerprint density at radius 3 is 2.23 bits per heavy atom. The molecule has 2 fully saturated rings. The van der Waals surface area contributed by atoms with E-state index < -0.39 is 6.04 Å². The fourth-order valence-corrected chi connectivity index (χ4v) is 4.50. The van der Waals surface area contributed by atoms with Crippen molar-refractivity contribution >= 4 is 23.4 Å². The lowest BCUT2D eigenvalue weighted by Crippen LogP contribution is -2.55. The van der Waals surface area contributed by atoms with Crippen LogP contribution in [0.4, 0.5) is 5.69 Å². The molecule has 30 heavy (non-hydrogen) atoms. The van der Waals surface area contributed by atoms with Gasteiger partial charge in [-0.3, -0.25) is 14.4 Å². The van der Waals surface area contributed by atoms with Gasteiger partial charge in [0.2, 0.25) is 17.7 Å². The van der Waals surface area contributed by atoms with Crippen LogP contribution in [0.2, 0.25) is 0 Å². The molecule has 2 N–H and O–H groups in total. The van der Waals surface area contributed by atoms with Gasteiger partial charge >= 0.3 is 0 Å². The maximum Gasteiger partial charge on any atom is 0.245 e. The second-order valence-electron chi connectivity index (χ2n) is 9.04. The van der Waals surface area contributed by atoms with Crippen LogP contribution in [0.15, 0.2) is 30.3 Å². The average molecular weight is 414 g/mol. The molecule has 1 saturated carbocycles. The SMILES string of the molecule is CC(C)C(NC(=O)C1CCCCC1)C(=O)N1CCCC(C(=O)Nc2ccccc2)C1. The van der Waals surface area contributed by atoms with Crippen molar-refractivity contribution in [1.82, 2.24) is 10.2 Å². The van der Waals surface area contributed by atoms with Crippen LogP contribution in [0.25, 0.3) is 0 Å². The first-order chi connectivity index (χ1) is 14.5. The summed E-state index contributed by atoms with van der Waals surface area (Å²) in [5.41, 5.74) is 0.769. The molecular formula is C24H35N3O3. The number of piperidine rings is 1. The van der Waals surface area contributed by atoms with Gasteiger partial charge in [0, 0.05) is 24.7 Å². The Balaban J connectivity index is 1.60. The quantitative estimate of drug-likeness (QED) is 0.748. The van der Waals surface area contributed by atoms with Crippen molar-refractivity contribution in [2.45, 2.75) is 64.8 Å². The number of nitrogens with one attached hydrogen (secondary N) is 2. The first kappa shape index (κ1) is 22.3. The van der Waals surface area contributed by atoms with E-state index in [1.165, 1.54) is 6.42 Å². The number of amides is 3. The molecule has 2 aliphatic rings. The second-order valence-corrected chi connectivity index (χ2v) is 9.04. The normalized spacial score (nSPS) is 21.2. The summed E-state index contributed by atoms with van der Waals surface area (Å²) in [5.74, 6) is -0.304. The molecule has 2 atom stereocenters. The summed E-state index contributed by atoms with van der Waals surface area (Å²) in [6.45, 7) is 4.97. The lowest BCUT2D eigenvalue weighted by Gasteiger charge is -2.36. The third kappa shape index (κ3) is 5.83. The maximum atomic E-state index is 13.3. The minimum Gasteiger partial charge on any atom is -0.344 e. The number of rotatable bonds is 6. The van der Waals surface area contributed by atoms with Gasteiger partial charge in [-0.1, -0.05) is 51.3 Å².